The zero-order valence-corrected chi connectivity index (χ0v) is 22.0. The summed E-state index contributed by atoms with van der Waals surface area (Å²) in [5.41, 5.74) is 3.37. The Hall–Kier alpha value is -2.71. The van der Waals surface area contributed by atoms with E-state index in [4.69, 9.17) is 4.74 Å². The number of rotatable bonds is 12. The van der Waals surface area contributed by atoms with Crippen molar-refractivity contribution in [1.29, 1.82) is 5.26 Å². The molecule has 186 valence electrons. The van der Waals surface area contributed by atoms with Crippen molar-refractivity contribution in [2.24, 2.45) is 5.41 Å². The van der Waals surface area contributed by atoms with Crippen molar-refractivity contribution in [3.63, 3.8) is 0 Å². The molecule has 0 radical (unpaired) electrons. The molecule has 2 heteroatoms. The van der Waals surface area contributed by atoms with Gasteiger partial charge < -0.3 is 4.74 Å². The molecule has 3 rings (SSSR count). The van der Waals surface area contributed by atoms with Crippen LogP contribution in [0.15, 0.2) is 48.5 Å². The van der Waals surface area contributed by atoms with Gasteiger partial charge in [0.2, 0.25) is 0 Å². The zero-order chi connectivity index (χ0) is 24.8. The number of nitrogens with zero attached hydrogens (tertiary/aromatic N) is 1. The molecular formula is C33H43NO. The van der Waals surface area contributed by atoms with Crippen LogP contribution < -0.4 is 4.74 Å². The second-order valence-electron chi connectivity index (χ2n) is 10.3. The summed E-state index contributed by atoms with van der Waals surface area (Å²) in [5.74, 6) is 8.08. The molecule has 0 heterocycles. The fourth-order valence-corrected chi connectivity index (χ4v) is 5.15. The molecule has 0 bridgehead atoms. The summed E-state index contributed by atoms with van der Waals surface area (Å²) in [4.78, 5) is 0. The molecule has 0 saturated heterocycles. The first-order valence-electron chi connectivity index (χ1n) is 13.9. The van der Waals surface area contributed by atoms with Crippen LogP contribution in [0.5, 0.6) is 5.75 Å². The second kappa shape index (κ2) is 14.6. The Balaban J connectivity index is 1.46. The van der Waals surface area contributed by atoms with Crippen molar-refractivity contribution in [3.8, 4) is 23.7 Å². The molecule has 35 heavy (non-hydrogen) atoms. The Morgan fingerprint density at radius 1 is 0.771 bits per heavy atom. The second-order valence-corrected chi connectivity index (χ2v) is 10.3. The van der Waals surface area contributed by atoms with Crippen molar-refractivity contribution >= 4 is 0 Å². The summed E-state index contributed by atoms with van der Waals surface area (Å²) in [5, 5.41) is 9.80. The van der Waals surface area contributed by atoms with E-state index in [9.17, 15) is 5.26 Å². The molecule has 2 aromatic carbocycles. The van der Waals surface area contributed by atoms with Crippen molar-refractivity contribution in [2.45, 2.75) is 103 Å². The van der Waals surface area contributed by atoms with Crippen LogP contribution in [0, 0.1) is 28.6 Å². The number of nitriles is 1. The first-order chi connectivity index (χ1) is 17.2. The number of hydrogen-bond donors (Lipinski definition) is 0. The van der Waals surface area contributed by atoms with Crippen molar-refractivity contribution in [1.82, 2.24) is 0 Å². The van der Waals surface area contributed by atoms with Crippen LogP contribution in [0.2, 0.25) is 0 Å². The first kappa shape index (κ1) is 26.9. The molecule has 1 aliphatic carbocycles. The highest BCUT2D eigenvalue weighted by Crippen LogP contribution is 2.45. The Morgan fingerprint density at radius 3 is 1.94 bits per heavy atom. The minimum absolute atomic E-state index is 0.0771. The maximum absolute atomic E-state index is 9.80. The van der Waals surface area contributed by atoms with Crippen LogP contribution >= 0.6 is 0 Å². The van der Waals surface area contributed by atoms with E-state index in [0.29, 0.717) is 5.92 Å². The molecule has 1 saturated carbocycles. The lowest BCUT2D eigenvalue weighted by atomic mass is 9.67. The van der Waals surface area contributed by atoms with Crippen LogP contribution in [0.3, 0.4) is 0 Å². The fraction of sp³-hybridized carbons (Fsp3) is 0.545. The average Bonchev–Trinajstić information content (AvgIpc) is 2.91. The van der Waals surface area contributed by atoms with Gasteiger partial charge in [0.1, 0.15) is 5.75 Å². The summed E-state index contributed by atoms with van der Waals surface area (Å²) >= 11 is 0. The summed E-state index contributed by atoms with van der Waals surface area (Å²) in [6, 6.07) is 19.6. The number of ether oxygens (including phenoxy) is 1. The average molecular weight is 470 g/mol. The Morgan fingerprint density at radius 2 is 1.34 bits per heavy atom. The van der Waals surface area contributed by atoms with Gasteiger partial charge in [0.15, 0.2) is 0 Å². The van der Waals surface area contributed by atoms with Crippen LogP contribution in [-0.4, -0.2) is 6.61 Å². The predicted molar refractivity (Wildman–Crippen MR) is 147 cm³/mol. The molecule has 0 spiro atoms. The molecule has 0 aliphatic heterocycles. The van der Waals surface area contributed by atoms with E-state index in [2.05, 4.69) is 56.0 Å². The van der Waals surface area contributed by atoms with Gasteiger partial charge in [-0.15, -0.1) is 0 Å². The van der Waals surface area contributed by atoms with Gasteiger partial charge in [0, 0.05) is 11.1 Å². The number of benzene rings is 2. The lowest BCUT2D eigenvalue weighted by Crippen LogP contribution is -2.25. The largest absolute Gasteiger partial charge is 0.494 e. The van der Waals surface area contributed by atoms with Gasteiger partial charge >= 0.3 is 0 Å². The van der Waals surface area contributed by atoms with Gasteiger partial charge in [0.25, 0.3) is 0 Å². The van der Waals surface area contributed by atoms with Gasteiger partial charge in [-0.2, -0.15) is 5.26 Å². The van der Waals surface area contributed by atoms with Gasteiger partial charge in [-0.05, 0) is 86.4 Å². The minimum Gasteiger partial charge on any atom is -0.494 e. The first-order valence-corrected chi connectivity index (χ1v) is 13.9. The highest BCUT2D eigenvalue weighted by Gasteiger charge is 2.35. The van der Waals surface area contributed by atoms with Crippen LogP contribution in [0.4, 0.5) is 0 Å². The third-order valence-corrected chi connectivity index (χ3v) is 7.54. The number of unbranched alkanes of at least 4 members (excludes halogenated alkanes) is 6. The third kappa shape index (κ3) is 8.78. The van der Waals surface area contributed by atoms with E-state index >= 15 is 0 Å². The summed E-state index contributed by atoms with van der Waals surface area (Å²) < 4.78 is 5.85. The molecule has 0 aromatic heterocycles. The highest BCUT2D eigenvalue weighted by atomic mass is 16.5. The molecule has 1 aliphatic rings. The van der Waals surface area contributed by atoms with E-state index in [1.54, 1.807) is 0 Å². The van der Waals surface area contributed by atoms with Crippen LogP contribution in [0.1, 0.15) is 120 Å². The summed E-state index contributed by atoms with van der Waals surface area (Å²) in [6.07, 6.45) is 15.3. The predicted octanol–water partition coefficient (Wildman–Crippen LogP) is 9.18. The maximum atomic E-state index is 9.80. The molecule has 2 nitrogen and oxygen atoms in total. The van der Waals surface area contributed by atoms with Crippen LogP contribution in [0.25, 0.3) is 0 Å². The van der Waals surface area contributed by atoms with Crippen molar-refractivity contribution < 1.29 is 4.74 Å². The third-order valence-electron chi connectivity index (χ3n) is 7.54. The lowest BCUT2D eigenvalue weighted by Gasteiger charge is -2.35. The van der Waals surface area contributed by atoms with Crippen molar-refractivity contribution in [3.05, 3.63) is 65.2 Å². The molecular weight excluding hydrogens is 426 g/mol. The Kier molecular flexibility index (Phi) is 11.2. The van der Waals surface area contributed by atoms with Crippen LogP contribution in [-0.2, 0) is 0 Å². The quantitative estimate of drug-likeness (QED) is 0.229. The van der Waals surface area contributed by atoms with E-state index in [-0.39, 0.29) is 5.41 Å². The molecule has 2 aromatic rings. The molecule has 0 N–H and O–H groups in total. The summed E-state index contributed by atoms with van der Waals surface area (Å²) in [6.45, 7) is 5.26. The standard InChI is InChI=1S/C33H43NO/c1-3-5-7-8-10-26-35-32-19-15-29(16-20-32)12-11-28-13-17-30(18-14-28)31-21-24-33(27-34,25-22-31)23-9-6-4-2/h13-20,31H,3-10,21-26H2,1-2H3. The SMILES string of the molecule is CCCCCCCOc1ccc(C#Cc2ccc(C3CCC(C#N)(CCCCC)CC3)cc2)cc1. The topological polar surface area (TPSA) is 33.0 Å². The van der Waals surface area contributed by atoms with Gasteiger partial charge in [-0.3, -0.25) is 0 Å². The number of hydrogen-bond acceptors (Lipinski definition) is 2. The Labute approximate surface area is 214 Å². The van der Waals surface area contributed by atoms with E-state index < -0.39 is 0 Å². The highest BCUT2D eigenvalue weighted by molar-refractivity contribution is 5.45. The Bertz CT molecular complexity index is 963. The molecule has 0 amide bonds. The zero-order valence-electron chi connectivity index (χ0n) is 22.0. The van der Waals surface area contributed by atoms with E-state index in [1.807, 2.05) is 24.3 Å². The fourth-order valence-electron chi connectivity index (χ4n) is 5.15. The maximum Gasteiger partial charge on any atom is 0.119 e. The van der Waals surface area contributed by atoms with Gasteiger partial charge in [-0.25, -0.2) is 0 Å². The van der Waals surface area contributed by atoms with Gasteiger partial charge in [-0.1, -0.05) is 82.8 Å². The minimum atomic E-state index is -0.0771. The smallest absolute Gasteiger partial charge is 0.119 e. The normalized spacial score (nSPS) is 19.4. The van der Waals surface area contributed by atoms with Crippen molar-refractivity contribution in [2.75, 3.05) is 6.61 Å². The molecule has 0 atom stereocenters. The van der Waals surface area contributed by atoms with E-state index in [1.165, 1.54) is 50.5 Å². The monoisotopic (exact) mass is 469 g/mol. The lowest BCUT2D eigenvalue weighted by molar-refractivity contribution is 0.223. The molecule has 1 fully saturated rings. The van der Waals surface area contributed by atoms with E-state index in [0.717, 1.165) is 62.0 Å². The van der Waals surface area contributed by atoms with Gasteiger partial charge in [0.05, 0.1) is 18.1 Å². The molecule has 0 unspecified atom stereocenters. The summed E-state index contributed by atoms with van der Waals surface area (Å²) in [7, 11) is 0.